The quantitative estimate of drug-likeness (QED) is 0.815. The predicted molar refractivity (Wildman–Crippen MR) is 76.2 cm³/mol. The Bertz CT molecular complexity index is 557. The molecule has 0 bridgehead atoms. The first kappa shape index (κ1) is 14.7. The van der Waals surface area contributed by atoms with Crippen LogP contribution in [-0.4, -0.2) is 17.0 Å². The highest BCUT2D eigenvalue weighted by atomic mass is 16.4. The Morgan fingerprint density at radius 1 is 1.16 bits per heavy atom. The van der Waals surface area contributed by atoms with Crippen LogP contribution in [-0.2, 0) is 4.79 Å². The minimum Gasteiger partial charge on any atom is -0.478 e. The second-order valence-electron chi connectivity index (χ2n) is 4.03. The molecule has 0 aliphatic heterocycles. The number of hydrogen-bond acceptors (Lipinski definition) is 2. The summed E-state index contributed by atoms with van der Waals surface area (Å²) < 4.78 is 0. The van der Waals surface area contributed by atoms with Crippen LogP contribution in [0, 0.1) is 0 Å². The minimum absolute atomic E-state index is 0.144. The Kier molecular flexibility index (Phi) is 5.06. The maximum atomic E-state index is 11.1. The summed E-state index contributed by atoms with van der Waals surface area (Å²) in [5.41, 5.74) is 2.28. The molecule has 2 N–H and O–H groups in total. The molecular weight excluding hydrogens is 242 g/mol. The van der Waals surface area contributed by atoms with Gasteiger partial charge in [-0.25, -0.2) is 4.79 Å². The molecule has 100 valence electrons. The molecule has 0 heterocycles. The van der Waals surface area contributed by atoms with Gasteiger partial charge in [-0.1, -0.05) is 18.2 Å². The van der Waals surface area contributed by atoms with E-state index in [1.54, 1.807) is 12.1 Å². The van der Waals surface area contributed by atoms with Gasteiger partial charge in [0.2, 0.25) is 5.91 Å². The average molecular weight is 259 g/mol. The van der Waals surface area contributed by atoms with Gasteiger partial charge in [0, 0.05) is 12.6 Å². The lowest BCUT2D eigenvalue weighted by Crippen LogP contribution is -2.08. The Balaban J connectivity index is 3.34. The first-order valence-corrected chi connectivity index (χ1v) is 5.93. The van der Waals surface area contributed by atoms with Crippen LogP contribution in [0.15, 0.2) is 36.4 Å². The molecule has 0 saturated carbocycles. The molecule has 19 heavy (non-hydrogen) atoms. The molecule has 0 aliphatic carbocycles. The molecule has 0 aromatic heterocycles. The van der Waals surface area contributed by atoms with E-state index in [0.717, 1.165) is 11.1 Å². The van der Waals surface area contributed by atoms with Crippen molar-refractivity contribution in [2.45, 2.75) is 20.8 Å². The van der Waals surface area contributed by atoms with Crippen molar-refractivity contribution >= 4 is 23.1 Å². The third-order valence-electron chi connectivity index (χ3n) is 2.49. The van der Waals surface area contributed by atoms with E-state index in [0.29, 0.717) is 5.69 Å². The van der Waals surface area contributed by atoms with Gasteiger partial charge in [0.15, 0.2) is 0 Å². The maximum absolute atomic E-state index is 11.1. The Morgan fingerprint density at radius 3 is 2.26 bits per heavy atom. The van der Waals surface area contributed by atoms with Gasteiger partial charge in [0.1, 0.15) is 0 Å². The van der Waals surface area contributed by atoms with Crippen molar-refractivity contribution in [1.29, 1.82) is 0 Å². The van der Waals surface area contributed by atoms with Crippen molar-refractivity contribution in [1.82, 2.24) is 0 Å². The van der Waals surface area contributed by atoms with Crippen molar-refractivity contribution in [3.8, 4) is 0 Å². The normalized spacial score (nSPS) is 11.6. The molecule has 0 unspecified atom stereocenters. The second-order valence-corrected chi connectivity index (χ2v) is 4.03. The minimum atomic E-state index is -1.02. The number of amides is 1. The summed E-state index contributed by atoms with van der Waals surface area (Å²) in [5, 5.41) is 11.7. The molecule has 1 aromatic carbocycles. The molecule has 0 atom stereocenters. The van der Waals surface area contributed by atoms with Crippen molar-refractivity contribution in [2.24, 2.45) is 0 Å². The van der Waals surface area contributed by atoms with Crippen molar-refractivity contribution in [3.63, 3.8) is 0 Å². The van der Waals surface area contributed by atoms with Crippen LogP contribution in [0.1, 0.15) is 36.7 Å². The summed E-state index contributed by atoms with van der Waals surface area (Å²) in [7, 11) is 0. The third-order valence-corrected chi connectivity index (χ3v) is 2.49. The predicted octanol–water partition coefficient (Wildman–Crippen LogP) is 3.32. The first-order valence-electron chi connectivity index (χ1n) is 5.93. The van der Waals surface area contributed by atoms with Gasteiger partial charge in [0.05, 0.1) is 5.56 Å². The van der Waals surface area contributed by atoms with E-state index in [-0.39, 0.29) is 11.5 Å². The summed E-state index contributed by atoms with van der Waals surface area (Å²) in [5.74, 6) is -1.26. The van der Waals surface area contributed by atoms with Crippen LogP contribution >= 0.6 is 0 Å². The Labute approximate surface area is 112 Å². The lowest BCUT2D eigenvalue weighted by atomic mass is 10.0. The highest BCUT2D eigenvalue weighted by Gasteiger charge is 2.09. The van der Waals surface area contributed by atoms with Crippen molar-refractivity contribution in [2.75, 3.05) is 5.32 Å². The van der Waals surface area contributed by atoms with Gasteiger partial charge in [0.25, 0.3) is 0 Å². The molecule has 0 aliphatic rings. The van der Waals surface area contributed by atoms with Crippen LogP contribution in [0.25, 0.3) is 5.57 Å². The van der Waals surface area contributed by atoms with Crippen LogP contribution < -0.4 is 5.32 Å². The van der Waals surface area contributed by atoms with E-state index in [2.05, 4.69) is 5.32 Å². The molecule has 4 nitrogen and oxygen atoms in total. The molecule has 0 fully saturated rings. The fourth-order valence-corrected chi connectivity index (χ4v) is 1.73. The van der Waals surface area contributed by atoms with Gasteiger partial charge in [-0.05, 0) is 43.2 Å². The Morgan fingerprint density at radius 2 is 1.79 bits per heavy atom. The highest BCUT2D eigenvalue weighted by molar-refractivity contribution is 5.95. The molecule has 1 amide bonds. The number of carboxylic acid groups (broad SMARTS) is 1. The number of benzene rings is 1. The number of aromatic carboxylic acids is 1. The zero-order valence-electron chi connectivity index (χ0n) is 11.2. The molecular formula is C15H17NO3. The zero-order valence-corrected chi connectivity index (χ0v) is 11.2. The van der Waals surface area contributed by atoms with Gasteiger partial charge in [-0.3, -0.25) is 4.79 Å². The monoisotopic (exact) mass is 259 g/mol. The fraction of sp³-hybridized carbons (Fsp3) is 0.200. The number of allylic oxidation sites excluding steroid dienone is 4. The van der Waals surface area contributed by atoms with Gasteiger partial charge in [-0.15, -0.1) is 0 Å². The number of hydrogen-bond donors (Lipinski definition) is 2. The summed E-state index contributed by atoms with van der Waals surface area (Å²) in [6.07, 6.45) is 5.65. The number of rotatable bonds is 4. The van der Waals surface area contributed by atoms with Crippen LogP contribution in [0.5, 0.6) is 0 Å². The van der Waals surface area contributed by atoms with Crippen molar-refractivity contribution in [3.05, 3.63) is 47.6 Å². The third kappa shape index (κ3) is 4.10. The Hall–Kier alpha value is -2.36. The number of carbonyl (C=O) groups excluding carboxylic acids is 1. The number of anilines is 1. The number of carboxylic acids is 1. The molecule has 4 heteroatoms. The van der Waals surface area contributed by atoms with E-state index in [9.17, 15) is 9.59 Å². The van der Waals surface area contributed by atoms with Crippen molar-refractivity contribution < 1.29 is 14.7 Å². The summed E-state index contributed by atoms with van der Waals surface area (Å²) in [4.78, 5) is 22.2. The van der Waals surface area contributed by atoms with Crippen LogP contribution in [0.3, 0.4) is 0 Å². The molecule has 1 rings (SSSR count). The first-order chi connectivity index (χ1) is 8.97. The molecule has 0 spiro atoms. The highest BCUT2D eigenvalue weighted by Crippen LogP contribution is 2.22. The number of nitrogens with one attached hydrogen (secondary N) is 1. The molecule has 0 saturated heterocycles. The van der Waals surface area contributed by atoms with Gasteiger partial charge < -0.3 is 10.4 Å². The zero-order chi connectivity index (χ0) is 14.4. The summed E-state index contributed by atoms with van der Waals surface area (Å²) >= 11 is 0. The summed E-state index contributed by atoms with van der Waals surface area (Å²) in [6, 6.07) is 4.78. The van der Waals surface area contributed by atoms with Crippen LogP contribution in [0.2, 0.25) is 0 Å². The fourth-order valence-electron chi connectivity index (χ4n) is 1.73. The standard InChI is InChI=1S/C15H17NO3/c1-4-6-11(5-2)12-7-13(15(18)19)9-14(8-12)16-10(3)17/h4-9H,1-3H3,(H,16,17)(H,18,19)/b6-4-,11-5+. The lowest BCUT2D eigenvalue weighted by Gasteiger charge is -2.09. The van der Waals surface area contributed by atoms with Gasteiger partial charge in [-0.2, -0.15) is 0 Å². The van der Waals surface area contributed by atoms with E-state index in [1.807, 2.05) is 32.1 Å². The van der Waals surface area contributed by atoms with E-state index in [1.165, 1.54) is 13.0 Å². The average Bonchev–Trinajstić information content (AvgIpc) is 2.34. The largest absolute Gasteiger partial charge is 0.478 e. The second kappa shape index (κ2) is 6.54. The van der Waals surface area contributed by atoms with E-state index >= 15 is 0 Å². The summed E-state index contributed by atoms with van der Waals surface area (Å²) in [6.45, 7) is 5.15. The number of carbonyl (C=O) groups is 2. The SMILES string of the molecule is C/C=C\C(=C/C)c1cc(NC(C)=O)cc(C(=O)O)c1. The maximum Gasteiger partial charge on any atom is 0.335 e. The van der Waals surface area contributed by atoms with Crippen LogP contribution in [0.4, 0.5) is 5.69 Å². The smallest absolute Gasteiger partial charge is 0.335 e. The lowest BCUT2D eigenvalue weighted by molar-refractivity contribution is -0.114. The molecule has 0 radical (unpaired) electrons. The molecule has 1 aromatic rings. The van der Waals surface area contributed by atoms with Gasteiger partial charge >= 0.3 is 5.97 Å². The van der Waals surface area contributed by atoms with E-state index in [4.69, 9.17) is 5.11 Å². The topological polar surface area (TPSA) is 66.4 Å². The van der Waals surface area contributed by atoms with E-state index < -0.39 is 5.97 Å².